The molecule has 1 amide bonds. The summed E-state index contributed by atoms with van der Waals surface area (Å²) >= 11 is 0. The van der Waals surface area contributed by atoms with Gasteiger partial charge in [-0.25, -0.2) is 0 Å². The number of aromatic nitrogens is 1. The third kappa shape index (κ3) is 4.33. The molecule has 4 unspecified atom stereocenters. The Hall–Kier alpha value is -2.95. The first-order chi connectivity index (χ1) is 15.8. The maximum Gasteiger partial charge on any atom is 0.253 e. The number of benzene rings is 2. The van der Waals surface area contributed by atoms with Gasteiger partial charge in [-0.05, 0) is 24.6 Å². The van der Waals surface area contributed by atoms with Crippen molar-refractivity contribution in [3.8, 4) is 5.75 Å². The number of carbonyl (C=O) groups excluding carboxylic acids is 1. The zero-order valence-corrected chi connectivity index (χ0v) is 18.3. The molecule has 1 aliphatic rings. The van der Waals surface area contributed by atoms with E-state index >= 15 is 0 Å². The average Bonchev–Trinajstić information content (AvgIpc) is 3.22. The van der Waals surface area contributed by atoms with E-state index in [1.807, 2.05) is 47.9 Å². The predicted molar refractivity (Wildman–Crippen MR) is 120 cm³/mol. The number of nitrogens with zero attached hydrogens (tertiary/aromatic N) is 1. The molecular weight excluding hydrogens is 428 g/mol. The van der Waals surface area contributed by atoms with Gasteiger partial charge in [0.1, 0.15) is 30.1 Å². The minimum absolute atomic E-state index is 0.0938. The molecule has 0 saturated carbocycles. The smallest absolute Gasteiger partial charge is 0.253 e. The largest absolute Gasteiger partial charge is 0.497 e. The van der Waals surface area contributed by atoms with Crippen LogP contribution in [0.25, 0.3) is 10.9 Å². The zero-order chi connectivity index (χ0) is 23.7. The standard InChI is InChI=1S/C24H28N2O7/c1-13(14-6-4-3-5-7-14)26-11-17(16-9-8-15(32-2)10-18(16)26)23(30)25-20-22(29)21(28)19(12-27)33-24(20)31/h3-11,13,19-22,24,27-29,31H,12H2,1-2H3,(H,25,30)/t13?,19?,20-,21-,22?,24?/m1/s1. The number of aliphatic hydroxyl groups excluding tert-OH is 4. The first-order valence-electron chi connectivity index (χ1n) is 10.7. The van der Waals surface area contributed by atoms with E-state index in [4.69, 9.17) is 9.47 Å². The highest BCUT2D eigenvalue weighted by Crippen LogP contribution is 2.31. The van der Waals surface area contributed by atoms with Gasteiger partial charge in [0.05, 0.1) is 30.8 Å². The van der Waals surface area contributed by atoms with E-state index in [9.17, 15) is 25.2 Å². The number of rotatable bonds is 6. The average molecular weight is 456 g/mol. The molecule has 1 saturated heterocycles. The minimum atomic E-state index is -1.60. The van der Waals surface area contributed by atoms with Gasteiger partial charge in [-0.3, -0.25) is 4.79 Å². The Morgan fingerprint density at radius 3 is 2.55 bits per heavy atom. The lowest BCUT2D eigenvalue weighted by Crippen LogP contribution is -2.64. The highest BCUT2D eigenvalue weighted by molar-refractivity contribution is 6.07. The molecule has 1 aromatic heterocycles. The van der Waals surface area contributed by atoms with Crippen LogP contribution in [0.3, 0.4) is 0 Å². The van der Waals surface area contributed by atoms with Gasteiger partial charge in [0, 0.05) is 17.6 Å². The summed E-state index contributed by atoms with van der Waals surface area (Å²) in [7, 11) is 1.57. The molecule has 176 valence electrons. The van der Waals surface area contributed by atoms with Crippen LogP contribution < -0.4 is 10.1 Å². The quantitative estimate of drug-likeness (QED) is 0.370. The van der Waals surface area contributed by atoms with Crippen molar-refractivity contribution in [2.75, 3.05) is 13.7 Å². The van der Waals surface area contributed by atoms with Crippen LogP contribution in [0, 0.1) is 0 Å². The number of amides is 1. The molecule has 5 N–H and O–H groups in total. The van der Waals surface area contributed by atoms with Crippen LogP contribution in [0.2, 0.25) is 0 Å². The molecule has 4 rings (SSSR count). The van der Waals surface area contributed by atoms with Crippen molar-refractivity contribution in [1.82, 2.24) is 9.88 Å². The third-order valence-corrected chi connectivity index (χ3v) is 6.18. The normalized spacial score (nSPS) is 26.2. The number of methoxy groups -OCH3 is 1. The fourth-order valence-electron chi connectivity index (χ4n) is 4.23. The third-order valence-electron chi connectivity index (χ3n) is 6.18. The van der Waals surface area contributed by atoms with Gasteiger partial charge in [0.25, 0.3) is 5.91 Å². The lowest BCUT2D eigenvalue weighted by Gasteiger charge is -2.40. The number of fused-ring (bicyclic) bond motifs is 1. The number of hydrogen-bond acceptors (Lipinski definition) is 7. The molecular formula is C24H28N2O7. The molecule has 1 fully saturated rings. The van der Waals surface area contributed by atoms with Crippen molar-refractivity contribution in [2.45, 2.75) is 43.6 Å². The van der Waals surface area contributed by atoms with Gasteiger partial charge in [0.2, 0.25) is 0 Å². The van der Waals surface area contributed by atoms with Crippen molar-refractivity contribution < 1.29 is 34.7 Å². The van der Waals surface area contributed by atoms with Crippen LogP contribution in [-0.2, 0) is 4.74 Å². The van der Waals surface area contributed by atoms with Crippen molar-refractivity contribution in [1.29, 1.82) is 0 Å². The molecule has 9 heteroatoms. The second-order valence-electron chi connectivity index (χ2n) is 8.15. The Bertz CT molecular complexity index is 1120. The molecule has 2 aromatic carbocycles. The maximum atomic E-state index is 13.2. The fraction of sp³-hybridized carbons (Fsp3) is 0.375. The lowest BCUT2D eigenvalue weighted by atomic mass is 9.96. The summed E-state index contributed by atoms with van der Waals surface area (Å²) in [6.45, 7) is 1.44. The Morgan fingerprint density at radius 1 is 1.15 bits per heavy atom. The van der Waals surface area contributed by atoms with E-state index in [-0.39, 0.29) is 6.04 Å². The molecule has 1 aliphatic heterocycles. The van der Waals surface area contributed by atoms with Crippen LogP contribution in [0.5, 0.6) is 5.75 Å². The van der Waals surface area contributed by atoms with Gasteiger partial charge >= 0.3 is 0 Å². The summed E-state index contributed by atoms with van der Waals surface area (Å²) in [6.07, 6.45) is -4.02. The first kappa shape index (κ1) is 23.2. The first-order valence-corrected chi connectivity index (χ1v) is 10.7. The van der Waals surface area contributed by atoms with Crippen LogP contribution in [0.15, 0.2) is 54.7 Å². The molecule has 9 nitrogen and oxygen atoms in total. The second-order valence-corrected chi connectivity index (χ2v) is 8.15. The van der Waals surface area contributed by atoms with Crippen molar-refractivity contribution in [3.63, 3.8) is 0 Å². The molecule has 0 aliphatic carbocycles. The summed E-state index contributed by atoms with van der Waals surface area (Å²) in [6, 6.07) is 13.8. The van der Waals surface area contributed by atoms with Crippen molar-refractivity contribution in [2.24, 2.45) is 0 Å². The molecule has 3 aromatic rings. The Balaban J connectivity index is 1.70. The Morgan fingerprint density at radius 2 is 1.88 bits per heavy atom. The van der Waals surface area contributed by atoms with Gasteiger partial charge in [0.15, 0.2) is 6.29 Å². The summed E-state index contributed by atoms with van der Waals surface area (Å²) in [4.78, 5) is 13.2. The van der Waals surface area contributed by atoms with E-state index in [1.54, 1.807) is 25.4 Å². The van der Waals surface area contributed by atoms with Gasteiger partial charge in [-0.15, -0.1) is 0 Å². The van der Waals surface area contributed by atoms with Gasteiger partial charge in [-0.1, -0.05) is 30.3 Å². The van der Waals surface area contributed by atoms with Crippen LogP contribution in [0.4, 0.5) is 0 Å². The lowest BCUT2D eigenvalue weighted by molar-refractivity contribution is -0.252. The molecule has 0 spiro atoms. The van der Waals surface area contributed by atoms with E-state index in [2.05, 4.69) is 5.32 Å². The van der Waals surface area contributed by atoms with Crippen molar-refractivity contribution >= 4 is 16.8 Å². The van der Waals surface area contributed by atoms with Gasteiger partial charge in [-0.2, -0.15) is 0 Å². The molecule has 33 heavy (non-hydrogen) atoms. The minimum Gasteiger partial charge on any atom is -0.497 e. The number of hydrogen-bond donors (Lipinski definition) is 5. The molecule has 0 radical (unpaired) electrons. The summed E-state index contributed by atoms with van der Waals surface area (Å²) < 4.78 is 12.5. The topological polar surface area (TPSA) is 133 Å². The zero-order valence-electron chi connectivity index (χ0n) is 18.3. The fourth-order valence-corrected chi connectivity index (χ4v) is 4.23. The summed E-state index contributed by atoms with van der Waals surface area (Å²) in [5, 5.41) is 43.2. The SMILES string of the molecule is COc1ccc2c(C(=O)N[C@H]3C(O)OC(CO)[C@@H](O)C3O)cn(C(C)c3ccccc3)c2c1. The van der Waals surface area contributed by atoms with Gasteiger partial charge < -0.3 is 39.8 Å². The summed E-state index contributed by atoms with van der Waals surface area (Å²) in [5.74, 6) is 0.0873. The number of nitrogens with one attached hydrogen (secondary N) is 1. The van der Waals surface area contributed by atoms with E-state index < -0.39 is 43.2 Å². The van der Waals surface area contributed by atoms with Crippen LogP contribution in [0.1, 0.15) is 28.9 Å². The number of aliphatic hydroxyl groups is 4. The molecule has 2 heterocycles. The van der Waals surface area contributed by atoms with Crippen LogP contribution >= 0.6 is 0 Å². The summed E-state index contributed by atoms with van der Waals surface area (Å²) in [5.41, 5.74) is 2.15. The second kappa shape index (κ2) is 9.50. The van der Waals surface area contributed by atoms with E-state index in [1.165, 1.54) is 0 Å². The predicted octanol–water partition coefficient (Wildman–Crippen LogP) is 0.789. The molecule has 0 bridgehead atoms. The Labute approximate surface area is 190 Å². The highest BCUT2D eigenvalue weighted by Gasteiger charge is 2.44. The van der Waals surface area contributed by atoms with Crippen LogP contribution in [-0.4, -0.2) is 75.3 Å². The number of ether oxygens (including phenoxy) is 2. The monoisotopic (exact) mass is 456 g/mol. The molecule has 6 atom stereocenters. The Kier molecular flexibility index (Phi) is 6.68. The maximum absolute atomic E-state index is 13.2. The highest BCUT2D eigenvalue weighted by atomic mass is 16.6. The number of carbonyl (C=O) groups is 1. The van der Waals surface area contributed by atoms with E-state index in [0.29, 0.717) is 16.7 Å². The van der Waals surface area contributed by atoms with Crippen molar-refractivity contribution in [3.05, 3.63) is 65.9 Å². The van der Waals surface area contributed by atoms with E-state index in [0.717, 1.165) is 11.1 Å².